The molecule has 194 valence electrons. The van der Waals surface area contributed by atoms with E-state index in [1.807, 2.05) is 26.8 Å². The number of amides is 1. The number of ether oxygens (including phenoxy) is 2. The van der Waals surface area contributed by atoms with Gasteiger partial charge in [-0.15, -0.1) is 0 Å². The molecular weight excluding hydrogens is 490 g/mol. The van der Waals surface area contributed by atoms with Gasteiger partial charge in [0.1, 0.15) is 13.2 Å². The Kier molecular flexibility index (Phi) is 9.45. The molecule has 8 nitrogen and oxygen atoms in total. The number of aryl methyl sites for hydroxylation is 2. The first-order valence-corrected chi connectivity index (χ1v) is 13.2. The van der Waals surface area contributed by atoms with Crippen LogP contribution in [0.3, 0.4) is 0 Å². The second-order valence-electron chi connectivity index (χ2n) is 8.20. The molecule has 0 aliphatic carbocycles. The topological polar surface area (TPSA) is 97.3 Å². The monoisotopic (exact) mass is 521 g/mol. The number of anilines is 1. The van der Waals surface area contributed by atoms with Crippen molar-refractivity contribution in [3.8, 4) is 11.5 Å². The normalized spacial score (nSPS) is 11.2. The van der Waals surface area contributed by atoms with Gasteiger partial charge in [0.25, 0.3) is 15.9 Å². The highest BCUT2D eigenvalue weighted by atomic mass is 32.2. The molecule has 0 radical (unpaired) electrons. The van der Waals surface area contributed by atoms with Gasteiger partial charge < -0.3 is 9.47 Å². The van der Waals surface area contributed by atoms with Gasteiger partial charge in [-0.1, -0.05) is 42.5 Å². The van der Waals surface area contributed by atoms with Crippen molar-refractivity contribution in [2.45, 2.75) is 25.7 Å². The van der Waals surface area contributed by atoms with E-state index in [2.05, 4.69) is 17.1 Å². The molecule has 0 saturated heterocycles. The van der Waals surface area contributed by atoms with Gasteiger partial charge in [-0.3, -0.25) is 9.10 Å². The highest BCUT2D eigenvalue weighted by Gasteiger charge is 2.27. The van der Waals surface area contributed by atoms with Gasteiger partial charge in [-0.2, -0.15) is 5.10 Å². The largest absolute Gasteiger partial charge is 0.490 e. The molecule has 3 rings (SSSR count). The quantitative estimate of drug-likeness (QED) is 0.213. The summed E-state index contributed by atoms with van der Waals surface area (Å²) in [7, 11) is -4.00. The van der Waals surface area contributed by atoms with Crippen molar-refractivity contribution in [3.05, 3.63) is 96.1 Å². The Hall–Kier alpha value is -4.11. The lowest BCUT2D eigenvalue weighted by Gasteiger charge is -2.24. The first kappa shape index (κ1) is 27.5. The summed E-state index contributed by atoms with van der Waals surface area (Å²) in [5, 5.41) is 4.01. The first-order valence-electron chi connectivity index (χ1n) is 11.7. The number of hydrogen-bond donors (Lipinski definition) is 1. The van der Waals surface area contributed by atoms with Gasteiger partial charge in [0.2, 0.25) is 0 Å². The lowest BCUT2D eigenvalue weighted by molar-refractivity contribution is -0.119. The Morgan fingerprint density at radius 3 is 2.43 bits per heavy atom. The summed E-state index contributed by atoms with van der Waals surface area (Å²) in [5.74, 6) is 0.511. The van der Waals surface area contributed by atoms with Crippen LogP contribution in [-0.4, -0.2) is 40.3 Å². The van der Waals surface area contributed by atoms with E-state index in [1.165, 1.54) is 18.3 Å². The van der Waals surface area contributed by atoms with Crippen molar-refractivity contribution in [2.24, 2.45) is 5.10 Å². The van der Waals surface area contributed by atoms with Crippen LogP contribution in [0.4, 0.5) is 5.69 Å². The van der Waals surface area contributed by atoms with Crippen LogP contribution in [0.2, 0.25) is 0 Å². The number of sulfonamides is 1. The standard InChI is InChI=1S/C28H31N3O5S/c1-5-16-36-26-15-12-23(18-27(26)35-6-2)19-29-30-28(32)20-31(24-9-7-8-22(4)17-24)37(33,34)25-13-10-21(3)11-14-25/h5,7-15,17-19H,1,6,16,20H2,2-4H3,(H,30,32)/b29-19-. The molecule has 0 saturated carbocycles. The average Bonchev–Trinajstić information content (AvgIpc) is 2.87. The van der Waals surface area contributed by atoms with E-state index in [4.69, 9.17) is 9.47 Å². The summed E-state index contributed by atoms with van der Waals surface area (Å²) >= 11 is 0. The third kappa shape index (κ3) is 7.44. The van der Waals surface area contributed by atoms with Gasteiger partial charge in [-0.05, 0) is 74.4 Å². The van der Waals surface area contributed by atoms with Gasteiger partial charge in [0.05, 0.1) is 23.4 Å². The average molecular weight is 522 g/mol. The Labute approximate surface area is 218 Å². The van der Waals surface area contributed by atoms with Crippen LogP contribution in [0.25, 0.3) is 0 Å². The molecule has 9 heteroatoms. The number of nitrogens with one attached hydrogen (secondary N) is 1. The molecule has 0 aliphatic heterocycles. The van der Waals surface area contributed by atoms with Crippen LogP contribution < -0.4 is 19.2 Å². The zero-order valence-electron chi connectivity index (χ0n) is 21.2. The molecular formula is C28H31N3O5S. The Morgan fingerprint density at radius 1 is 1.00 bits per heavy atom. The number of carbonyl (C=O) groups excluding carboxylic acids is 1. The number of nitrogens with zero attached hydrogens (tertiary/aromatic N) is 2. The predicted octanol–water partition coefficient (Wildman–Crippen LogP) is 4.61. The molecule has 0 spiro atoms. The van der Waals surface area contributed by atoms with E-state index in [9.17, 15) is 13.2 Å². The summed E-state index contributed by atoms with van der Waals surface area (Å²) in [4.78, 5) is 12.9. The Morgan fingerprint density at radius 2 is 1.76 bits per heavy atom. The van der Waals surface area contributed by atoms with Crippen LogP contribution in [0.15, 0.2) is 89.4 Å². The van der Waals surface area contributed by atoms with Gasteiger partial charge in [0, 0.05) is 0 Å². The van der Waals surface area contributed by atoms with Crippen LogP contribution in [0.5, 0.6) is 11.5 Å². The minimum atomic E-state index is -4.00. The summed E-state index contributed by atoms with van der Waals surface area (Å²) < 4.78 is 39.2. The fourth-order valence-electron chi connectivity index (χ4n) is 3.42. The minimum Gasteiger partial charge on any atom is -0.490 e. The summed E-state index contributed by atoms with van der Waals surface area (Å²) in [6.07, 6.45) is 3.09. The zero-order chi connectivity index (χ0) is 26.8. The van der Waals surface area contributed by atoms with Gasteiger partial charge in [0.15, 0.2) is 11.5 Å². The van der Waals surface area contributed by atoms with Crippen molar-refractivity contribution >= 4 is 27.8 Å². The summed E-state index contributed by atoms with van der Waals surface area (Å²) in [6.45, 7) is 9.57. The molecule has 0 aliphatic rings. The maximum Gasteiger partial charge on any atom is 0.264 e. The van der Waals surface area contributed by atoms with E-state index in [1.54, 1.807) is 54.6 Å². The number of hydrazone groups is 1. The number of benzene rings is 3. The molecule has 1 N–H and O–H groups in total. The maximum atomic E-state index is 13.5. The number of hydrogen-bond acceptors (Lipinski definition) is 6. The van der Waals surface area contributed by atoms with Crippen molar-refractivity contribution in [1.82, 2.24) is 5.43 Å². The van der Waals surface area contributed by atoms with Gasteiger partial charge in [-0.25, -0.2) is 13.8 Å². The Balaban J connectivity index is 1.79. The molecule has 37 heavy (non-hydrogen) atoms. The SMILES string of the molecule is C=CCOc1ccc(/C=N\NC(=O)CN(c2cccc(C)c2)S(=O)(=O)c2ccc(C)cc2)cc1OCC. The van der Waals surface area contributed by atoms with Crippen LogP contribution in [-0.2, 0) is 14.8 Å². The van der Waals surface area contributed by atoms with Gasteiger partial charge >= 0.3 is 0 Å². The third-order valence-corrected chi connectivity index (χ3v) is 7.00. The number of rotatable bonds is 12. The molecule has 0 heterocycles. The zero-order valence-corrected chi connectivity index (χ0v) is 22.0. The minimum absolute atomic E-state index is 0.0955. The van der Waals surface area contributed by atoms with Crippen molar-refractivity contribution in [3.63, 3.8) is 0 Å². The molecule has 1 amide bonds. The lowest BCUT2D eigenvalue weighted by atomic mass is 10.2. The molecule has 3 aromatic carbocycles. The predicted molar refractivity (Wildman–Crippen MR) is 146 cm³/mol. The molecule has 0 atom stereocenters. The van der Waals surface area contributed by atoms with E-state index in [-0.39, 0.29) is 4.90 Å². The molecule has 0 bridgehead atoms. The second kappa shape index (κ2) is 12.7. The van der Waals surface area contributed by atoms with Crippen LogP contribution >= 0.6 is 0 Å². The van der Waals surface area contributed by atoms with Crippen molar-refractivity contribution in [1.29, 1.82) is 0 Å². The first-order chi connectivity index (χ1) is 17.7. The molecule has 0 fully saturated rings. The summed E-state index contributed by atoms with van der Waals surface area (Å²) in [5.41, 5.74) is 5.27. The van der Waals surface area contributed by atoms with Crippen molar-refractivity contribution < 1.29 is 22.7 Å². The molecule has 3 aromatic rings. The lowest BCUT2D eigenvalue weighted by Crippen LogP contribution is -2.39. The van der Waals surface area contributed by atoms with E-state index in [0.717, 1.165) is 15.4 Å². The fourth-order valence-corrected chi connectivity index (χ4v) is 4.83. The third-order valence-electron chi connectivity index (χ3n) is 5.21. The van der Waals surface area contributed by atoms with Crippen molar-refractivity contribution in [2.75, 3.05) is 24.1 Å². The van der Waals surface area contributed by atoms with E-state index < -0.39 is 22.5 Å². The number of carbonyl (C=O) groups is 1. The molecule has 0 aromatic heterocycles. The second-order valence-corrected chi connectivity index (χ2v) is 10.1. The smallest absolute Gasteiger partial charge is 0.264 e. The van der Waals surface area contributed by atoms with E-state index >= 15 is 0 Å². The highest BCUT2D eigenvalue weighted by molar-refractivity contribution is 7.92. The van der Waals surface area contributed by atoms with Crippen LogP contribution in [0, 0.1) is 13.8 Å². The summed E-state index contributed by atoms with van der Waals surface area (Å²) in [6, 6.07) is 18.7. The van der Waals surface area contributed by atoms with Crippen LogP contribution in [0.1, 0.15) is 23.6 Å². The highest BCUT2D eigenvalue weighted by Crippen LogP contribution is 2.28. The van der Waals surface area contributed by atoms with E-state index in [0.29, 0.717) is 36.0 Å². The molecule has 0 unspecified atom stereocenters. The maximum absolute atomic E-state index is 13.5. The Bertz CT molecular complexity index is 1370. The fraction of sp³-hybridized carbons (Fsp3) is 0.214.